The standard InChI is InChI=1S/C27H24FN9O3/c28-17-2-1-3-18-20(17)25(39)36(12-14-4-6-15(7-5-14)24(38)35-40)23(32-18)19-10-27(8-9-27)13-37(19)22-16(11-29)21(30)33-26(31)34-22/h1-7,19,40H,8-10,12-13H2,(H,35,38)(H4,30,31,33,34)/t19-/m0/s1. The second kappa shape index (κ2) is 9.28. The lowest BCUT2D eigenvalue weighted by molar-refractivity contribution is 0.0706. The fraction of sp³-hybridized carbons (Fsp3) is 0.259. The normalized spacial score (nSPS) is 17.2. The van der Waals surface area contributed by atoms with E-state index in [1.165, 1.54) is 28.8 Å². The van der Waals surface area contributed by atoms with Crippen molar-refractivity contribution in [3.63, 3.8) is 0 Å². The summed E-state index contributed by atoms with van der Waals surface area (Å²) in [5, 5.41) is 18.6. The van der Waals surface area contributed by atoms with Gasteiger partial charge in [-0.05, 0) is 54.5 Å². The van der Waals surface area contributed by atoms with Gasteiger partial charge in [-0.15, -0.1) is 0 Å². The number of hydrogen-bond donors (Lipinski definition) is 4. The van der Waals surface area contributed by atoms with Crippen LogP contribution in [0.25, 0.3) is 10.9 Å². The first kappa shape index (κ1) is 25.2. The molecule has 0 unspecified atom stereocenters. The van der Waals surface area contributed by atoms with Gasteiger partial charge in [0.05, 0.1) is 18.1 Å². The summed E-state index contributed by atoms with van der Waals surface area (Å²) < 4.78 is 16.3. The number of carbonyl (C=O) groups is 1. The summed E-state index contributed by atoms with van der Waals surface area (Å²) in [6, 6.07) is 12.2. The number of hydrogen-bond acceptors (Lipinski definition) is 10. The van der Waals surface area contributed by atoms with E-state index in [2.05, 4.69) is 16.0 Å². The van der Waals surface area contributed by atoms with Crippen LogP contribution in [0, 0.1) is 22.6 Å². The van der Waals surface area contributed by atoms with Crippen LogP contribution in [0.1, 0.15) is 52.6 Å². The monoisotopic (exact) mass is 541 g/mol. The summed E-state index contributed by atoms with van der Waals surface area (Å²) in [6.07, 6.45) is 2.54. The van der Waals surface area contributed by atoms with Crippen molar-refractivity contribution < 1.29 is 14.4 Å². The first-order valence-electron chi connectivity index (χ1n) is 12.6. The van der Waals surface area contributed by atoms with Gasteiger partial charge in [-0.1, -0.05) is 18.2 Å². The Hall–Kier alpha value is -5.09. The Labute approximate surface area is 226 Å². The largest absolute Gasteiger partial charge is 0.382 e. The third kappa shape index (κ3) is 4.15. The average molecular weight is 542 g/mol. The molecule has 1 aliphatic heterocycles. The van der Waals surface area contributed by atoms with E-state index in [0.29, 0.717) is 24.4 Å². The van der Waals surface area contributed by atoms with Gasteiger partial charge in [-0.3, -0.25) is 19.4 Å². The van der Waals surface area contributed by atoms with Gasteiger partial charge < -0.3 is 16.4 Å². The van der Waals surface area contributed by atoms with Gasteiger partial charge in [0.15, 0.2) is 5.82 Å². The van der Waals surface area contributed by atoms with Crippen LogP contribution < -0.4 is 27.4 Å². The lowest BCUT2D eigenvalue weighted by atomic mass is 10.0. The number of nitrogens with zero attached hydrogens (tertiary/aromatic N) is 6. The van der Waals surface area contributed by atoms with Crippen molar-refractivity contribution >= 4 is 34.4 Å². The summed E-state index contributed by atoms with van der Waals surface area (Å²) in [6.45, 7) is 0.577. The maximum atomic E-state index is 14.9. The number of amides is 1. The van der Waals surface area contributed by atoms with Crippen molar-refractivity contribution in [1.82, 2.24) is 25.0 Å². The number of fused-ring (bicyclic) bond motifs is 1. The Morgan fingerprint density at radius 3 is 2.60 bits per heavy atom. The minimum atomic E-state index is -0.685. The predicted molar refractivity (Wildman–Crippen MR) is 143 cm³/mol. The first-order valence-corrected chi connectivity index (χ1v) is 12.6. The van der Waals surface area contributed by atoms with Crippen molar-refractivity contribution in [2.75, 3.05) is 22.9 Å². The average Bonchev–Trinajstić information content (AvgIpc) is 3.59. The number of anilines is 3. The van der Waals surface area contributed by atoms with Crippen molar-refractivity contribution in [2.24, 2.45) is 5.41 Å². The van der Waals surface area contributed by atoms with Gasteiger partial charge in [-0.25, -0.2) is 14.9 Å². The number of nitrogen functional groups attached to an aromatic ring is 2. The van der Waals surface area contributed by atoms with E-state index in [4.69, 9.17) is 21.7 Å². The number of hydroxylamine groups is 1. The van der Waals surface area contributed by atoms with Gasteiger partial charge in [-0.2, -0.15) is 15.2 Å². The van der Waals surface area contributed by atoms with Crippen molar-refractivity contribution in [3.05, 3.63) is 81.2 Å². The topological polar surface area (TPSA) is 189 Å². The van der Waals surface area contributed by atoms with Crippen LogP contribution in [-0.2, 0) is 6.54 Å². The number of carbonyl (C=O) groups excluding carboxylic acids is 1. The summed E-state index contributed by atoms with van der Waals surface area (Å²) in [7, 11) is 0. The van der Waals surface area contributed by atoms with Crippen LogP contribution in [0.5, 0.6) is 0 Å². The van der Waals surface area contributed by atoms with Crippen LogP contribution in [0.15, 0.2) is 47.3 Å². The molecule has 13 heteroatoms. The van der Waals surface area contributed by atoms with Gasteiger partial charge in [0.25, 0.3) is 11.5 Å². The number of nitrogens with two attached hydrogens (primary N) is 2. The quantitative estimate of drug-likeness (QED) is 0.215. The zero-order chi connectivity index (χ0) is 28.2. The summed E-state index contributed by atoms with van der Waals surface area (Å²) in [5.74, 6) is -0.843. The predicted octanol–water partition coefficient (Wildman–Crippen LogP) is 2.26. The molecule has 202 valence electrons. The Bertz CT molecular complexity index is 1780. The third-order valence-corrected chi connectivity index (χ3v) is 7.70. The zero-order valence-electron chi connectivity index (χ0n) is 21.1. The number of rotatable bonds is 5. The number of benzene rings is 2. The van der Waals surface area contributed by atoms with E-state index in [0.717, 1.165) is 12.8 Å². The molecule has 12 nitrogen and oxygen atoms in total. The molecule has 2 fully saturated rings. The number of nitrogens with one attached hydrogen (secondary N) is 1. The second-order valence-corrected chi connectivity index (χ2v) is 10.3. The highest BCUT2D eigenvalue weighted by atomic mass is 19.1. The highest BCUT2D eigenvalue weighted by Gasteiger charge is 2.54. The molecular weight excluding hydrogens is 517 g/mol. The van der Waals surface area contributed by atoms with Gasteiger partial charge in [0.2, 0.25) is 5.95 Å². The molecule has 1 amide bonds. The summed E-state index contributed by atoms with van der Waals surface area (Å²) in [4.78, 5) is 40.6. The minimum Gasteiger partial charge on any atom is -0.382 e. The van der Waals surface area contributed by atoms with E-state index in [1.807, 2.05) is 4.90 Å². The Morgan fingerprint density at radius 2 is 1.93 bits per heavy atom. The Morgan fingerprint density at radius 1 is 1.18 bits per heavy atom. The third-order valence-electron chi connectivity index (χ3n) is 7.70. The molecule has 2 aromatic heterocycles. The fourth-order valence-corrected chi connectivity index (χ4v) is 5.50. The molecule has 0 bridgehead atoms. The smallest absolute Gasteiger partial charge is 0.274 e. The molecular formula is C27H24FN9O3. The summed E-state index contributed by atoms with van der Waals surface area (Å²) in [5.41, 5.74) is 14.1. The molecule has 1 saturated carbocycles. The van der Waals surface area contributed by atoms with Crippen LogP contribution >= 0.6 is 0 Å². The molecule has 3 heterocycles. The minimum absolute atomic E-state index is 0.0307. The van der Waals surface area contributed by atoms with Gasteiger partial charge in [0, 0.05) is 12.1 Å². The Balaban J connectivity index is 1.53. The maximum Gasteiger partial charge on any atom is 0.274 e. The lowest BCUT2D eigenvalue weighted by Crippen LogP contribution is -2.34. The SMILES string of the molecule is N#Cc1c(N)nc(N)nc1N1CC2(CC2)C[C@H]1c1nc2cccc(F)c2c(=O)n1Cc1ccc(C(=O)NO)cc1. The number of nitriles is 1. The van der Waals surface area contributed by atoms with Crippen molar-refractivity contribution in [3.8, 4) is 6.07 Å². The Kier molecular flexibility index (Phi) is 5.85. The molecule has 6 N–H and O–H groups in total. The molecule has 6 rings (SSSR count). The zero-order valence-corrected chi connectivity index (χ0v) is 21.1. The van der Waals surface area contributed by atoms with E-state index in [9.17, 15) is 19.2 Å². The van der Waals surface area contributed by atoms with E-state index >= 15 is 0 Å². The van der Waals surface area contributed by atoms with E-state index in [-0.39, 0.29) is 51.6 Å². The summed E-state index contributed by atoms with van der Waals surface area (Å²) >= 11 is 0. The molecule has 1 saturated heterocycles. The fourth-order valence-electron chi connectivity index (χ4n) is 5.50. The molecule has 1 spiro atoms. The molecule has 4 aromatic rings. The molecule has 2 aromatic carbocycles. The number of aromatic nitrogens is 4. The van der Waals surface area contributed by atoms with Gasteiger partial charge in [0.1, 0.15) is 34.5 Å². The highest BCUT2D eigenvalue weighted by Crippen LogP contribution is 2.59. The maximum absolute atomic E-state index is 14.9. The molecule has 40 heavy (non-hydrogen) atoms. The first-order chi connectivity index (χ1) is 19.2. The van der Waals surface area contributed by atoms with Gasteiger partial charge >= 0.3 is 0 Å². The molecule has 0 radical (unpaired) electrons. The number of halogens is 1. The molecule has 2 aliphatic rings. The van der Waals surface area contributed by atoms with Crippen LogP contribution in [0.2, 0.25) is 0 Å². The highest BCUT2D eigenvalue weighted by molar-refractivity contribution is 5.93. The molecule has 1 atom stereocenters. The molecule has 1 aliphatic carbocycles. The lowest BCUT2D eigenvalue weighted by Gasteiger charge is -2.28. The van der Waals surface area contributed by atoms with E-state index < -0.39 is 23.3 Å². The van der Waals surface area contributed by atoms with Crippen molar-refractivity contribution in [1.29, 1.82) is 5.26 Å². The second-order valence-electron chi connectivity index (χ2n) is 10.3. The van der Waals surface area contributed by atoms with Crippen LogP contribution in [-0.4, -0.2) is 37.2 Å². The van der Waals surface area contributed by atoms with Crippen LogP contribution in [0.3, 0.4) is 0 Å². The van der Waals surface area contributed by atoms with Crippen molar-refractivity contribution in [2.45, 2.75) is 31.8 Å². The van der Waals surface area contributed by atoms with Crippen LogP contribution in [0.4, 0.5) is 22.0 Å². The van der Waals surface area contributed by atoms with E-state index in [1.54, 1.807) is 23.7 Å².